The maximum atomic E-state index is 6.39. The van der Waals surface area contributed by atoms with E-state index in [1.165, 1.54) is 0 Å². The molecule has 0 N–H and O–H groups in total. The number of hydrogen-bond donors (Lipinski definition) is 0. The highest BCUT2D eigenvalue weighted by molar-refractivity contribution is 5.69. The Bertz CT molecular complexity index is 1280. The molecule has 8 heteroatoms. The molecule has 5 heterocycles. The van der Waals surface area contributed by atoms with Gasteiger partial charge in [0, 0.05) is 37.6 Å². The van der Waals surface area contributed by atoms with Gasteiger partial charge in [0.05, 0.1) is 36.9 Å². The summed E-state index contributed by atoms with van der Waals surface area (Å²) in [6.07, 6.45) is 7.99. The van der Waals surface area contributed by atoms with Gasteiger partial charge in [-0.05, 0) is 30.2 Å². The highest BCUT2D eigenvalue weighted by atomic mass is 16.5. The van der Waals surface area contributed by atoms with Gasteiger partial charge in [0.15, 0.2) is 0 Å². The minimum Gasteiger partial charge on any atom is -0.437 e. The fourth-order valence-corrected chi connectivity index (χ4v) is 4.34. The maximum Gasteiger partial charge on any atom is 0.230 e. The minimum absolute atomic E-state index is 0.574. The number of nitrogens with zero attached hydrogens (tertiary/aromatic N) is 6. The van der Waals surface area contributed by atoms with Crippen LogP contribution in [-0.4, -0.2) is 52.8 Å². The molecule has 0 aliphatic carbocycles. The number of fused-ring (bicyclic) bond motifs is 1. The topological polar surface area (TPSA) is 76.5 Å². The van der Waals surface area contributed by atoms with Crippen molar-refractivity contribution < 1.29 is 9.47 Å². The number of rotatable bonds is 5. The predicted molar refractivity (Wildman–Crippen MR) is 130 cm³/mol. The van der Waals surface area contributed by atoms with Crippen LogP contribution in [0.15, 0.2) is 73.3 Å². The average molecular weight is 453 g/mol. The lowest BCUT2D eigenvalue weighted by atomic mass is 10.1. The third-order valence-electron chi connectivity index (χ3n) is 6.06. The Morgan fingerprint density at radius 1 is 0.824 bits per heavy atom. The molecule has 0 bridgehead atoms. The van der Waals surface area contributed by atoms with Gasteiger partial charge in [-0.2, -0.15) is 9.97 Å². The summed E-state index contributed by atoms with van der Waals surface area (Å²) in [5, 5.41) is 0. The van der Waals surface area contributed by atoms with Crippen molar-refractivity contribution in [3.05, 3.63) is 78.9 Å². The van der Waals surface area contributed by atoms with Crippen molar-refractivity contribution in [1.82, 2.24) is 19.9 Å². The van der Waals surface area contributed by atoms with E-state index in [1.54, 1.807) is 12.4 Å². The van der Waals surface area contributed by atoms with Crippen molar-refractivity contribution >= 4 is 17.5 Å². The van der Waals surface area contributed by atoms with E-state index in [0.717, 1.165) is 54.3 Å². The SMILES string of the molecule is c1ccc(-c2cncc(Oc3nc(N4CCOCC4)nc4c3CCN4c3cccnc3)c2)cc1. The molecule has 8 nitrogen and oxygen atoms in total. The Labute approximate surface area is 197 Å². The Morgan fingerprint density at radius 2 is 1.71 bits per heavy atom. The van der Waals surface area contributed by atoms with Gasteiger partial charge in [-0.25, -0.2) is 0 Å². The molecular weight excluding hydrogens is 428 g/mol. The van der Waals surface area contributed by atoms with Crippen molar-refractivity contribution in [1.29, 1.82) is 0 Å². The number of morpholine rings is 1. The van der Waals surface area contributed by atoms with Crippen molar-refractivity contribution in [3.8, 4) is 22.8 Å². The van der Waals surface area contributed by atoms with Gasteiger partial charge in [-0.3, -0.25) is 9.97 Å². The summed E-state index contributed by atoms with van der Waals surface area (Å²) in [6, 6.07) is 16.1. The summed E-state index contributed by atoms with van der Waals surface area (Å²) in [7, 11) is 0. The Kier molecular flexibility index (Phi) is 5.48. The largest absolute Gasteiger partial charge is 0.437 e. The van der Waals surface area contributed by atoms with Gasteiger partial charge in [-0.1, -0.05) is 30.3 Å². The third-order valence-corrected chi connectivity index (χ3v) is 6.06. The third kappa shape index (κ3) is 4.04. The van der Waals surface area contributed by atoms with Crippen LogP contribution in [0.25, 0.3) is 11.1 Å². The Balaban J connectivity index is 1.39. The first-order valence-corrected chi connectivity index (χ1v) is 11.4. The first kappa shape index (κ1) is 20.6. The summed E-state index contributed by atoms with van der Waals surface area (Å²) in [5.74, 6) is 2.74. The molecule has 1 saturated heterocycles. The van der Waals surface area contributed by atoms with Crippen LogP contribution >= 0.6 is 0 Å². The van der Waals surface area contributed by atoms with E-state index in [1.807, 2.05) is 48.8 Å². The van der Waals surface area contributed by atoms with E-state index < -0.39 is 0 Å². The summed E-state index contributed by atoms with van der Waals surface area (Å²) in [5.41, 5.74) is 4.08. The number of aromatic nitrogens is 4. The zero-order chi connectivity index (χ0) is 22.7. The molecule has 3 aromatic heterocycles. The second-order valence-corrected chi connectivity index (χ2v) is 8.22. The highest BCUT2D eigenvalue weighted by Gasteiger charge is 2.30. The molecule has 2 aliphatic rings. The molecule has 1 fully saturated rings. The zero-order valence-corrected chi connectivity index (χ0v) is 18.7. The van der Waals surface area contributed by atoms with E-state index in [-0.39, 0.29) is 0 Å². The van der Waals surface area contributed by atoms with E-state index in [9.17, 15) is 0 Å². The van der Waals surface area contributed by atoms with Crippen LogP contribution in [-0.2, 0) is 11.2 Å². The first-order valence-electron chi connectivity index (χ1n) is 11.4. The predicted octanol–water partition coefficient (Wildman–Crippen LogP) is 4.26. The molecule has 170 valence electrons. The number of anilines is 3. The molecule has 0 amide bonds. The minimum atomic E-state index is 0.574. The lowest BCUT2D eigenvalue weighted by Gasteiger charge is -2.28. The molecule has 0 atom stereocenters. The van der Waals surface area contributed by atoms with Crippen molar-refractivity contribution in [2.45, 2.75) is 6.42 Å². The second kappa shape index (κ2) is 9.07. The smallest absolute Gasteiger partial charge is 0.230 e. The highest BCUT2D eigenvalue weighted by Crippen LogP contribution is 2.40. The van der Waals surface area contributed by atoms with Gasteiger partial charge in [0.25, 0.3) is 0 Å². The monoisotopic (exact) mass is 452 g/mol. The van der Waals surface area contributed by atoms with Crippen LogP contribution in [0.1, 0.15) is 5.56 Å². The van der Waals surface area contributed by atoms with Crippen LogP contribution in [0.4, 0.5) is 17.5 Å². The molecule has 0 radical (unpaired) electrons. The summed E-state index contributed by atoms with van der Waals surface area (Å²) in [4.78, 5) is 22.9. The molecule has 0 saturated carbocycles. The summed E-state index contributed by atoms with van der Waals surface area (Å²) in [6.45, 7) is 3.60. The number of benzene rings is 1. The average Bonchev–Trinajstić information content (AvgIpc) is 3.35. The Hall–Kier alpha value is -4.04. The number of ether oxygens (including phenoxy) is 2. The molecule has 1 aromatic carbocycles. The van der Waals surface area contributed by atoms with E-state index >= 15 is 0 Å². The van der Waals surface area contributed by atoms with E-state index in [2.05, 4.69) is 31.9 Å². The molecular formula is C26H24N6O2. The molecule has 6 rings (SSSR count). The number of pyridine rings is 2. The van der Waals surface area contributed by atoms with Crippen LogP contribution in [0.3, 0.4) is 0 Å². The Morgan fingerprint density at radius 3 is 2.53 bits per heavy atom. The maximum absolute atomic E-state index is 6.39. The standard InChI is InChI=1S/C26H24N6O2/c1-2-5-19(6-3-1)20-15-22(18-28-16-20)34-25-23-8-10-32(21-7-4-9-27-17-21)24(23)29-26(30-25)31-11-13-33-14-12-31/h1-7,9,15-18H,8,10-14H2. The van der Waals surface area contributed by atoms with Gasteiger partial charge < -0.3 is 19.3 Å². The van der Waals surface area contributed by atoms with Crippen LogP contribution < -0.4 is 14.5 Å². The van der Waals surface area contributed by atoms with Crippen LogP contribution in [0.5, 0.6) is 11.6 Å². The van der Waals surface area contributed by atoms with E-state index in [0.29, 0.717) is 30.8 Å². The molecule has 2 aliphatic heterocycles. The molecule has 0 unspecified atom stereocenters. The van der Waals surface area contributed by atoms with Gasteiger partial charge in [0.2, 0.25) is 11.8 Å². The van der Waals surface area contributed by atoms with Gasteiger partial charge >= 0.3 is 0 Å². The second-order valence-electron chi connectivity index (χ2n) is 8.22. The van der Waals surface area contributed by atoms with Crippen molar-refractivity contribution in [2.75, 3.05) is 42.6 Å². The molecule has 0 spiro atoms. The van der Waals surface area contributed by atoms with Gasteiger partial charge in [0.1, 0.15) is 11.6 Å². The van der Waals surface area contributed by atoms with Crippen LogP contribution in [0.2, 0.25) is 0 Å². The van der Waals surface area contributed by atoms with Crippen LogP contribution in [0, 0.1) is 0 Å². The lowest BCUT2D eigenvalue weighted by molar-refractivity contribution is 0.122. The zero-order valence-electron chi connectivity index (χ0n) is 18.7. The summed E-state index contributed by atoms with van der Waals surface area (Å²) >= 11 is 0. The number of hydrogen-bond acceptors (Lipinski definition) is 8. The van der Waals surface area contributed by atoms with Gasteiger partial charge in [-0.15, -0.1) is 0 Å². The molecule has 34 heavy (non-hydrogen) atoms. The first-order chi connectivity index (χ1) is 16.8. The van der Waals surface area contributed by atoms with E-state index in [4.69, 9.17) is 19.4 Å². The van der Waals surface area contributed by atoms with Crippen molar-refractivity contribution in [3.63, 3.8) is 0 Å². The fourth-order valence-electron chi connectivity index (χ4n) is 4.34. The normalized spacial score (nSPS) is 15.3. The quantitative estimate of drug-likeness (QED) is 0.445. The summed E-state index contributed by atoms with van der Waals surface area (Å²) < 4.78 is 11.9. The lowest BCUT2D eigenvalue weighted by Crippen LogP contribution is -2.37. The molecule has 4 aromatic rings. The van der Waals surface area contributed by atoms with Crippen molar-refractivity contribution in [2.24, 2.45) is 0 Å². The fraction of sp³-hybridized carbons (Fsp3) is 0.231.